The Balaban J connectivity index is 1.83. The van der Waals surface area contributed by atoms with Crippen molar-refractivity contribution in [3.8, 4) is 0 Å². The van der Waals surface area contributed by atoms with E-state index < -0.39 is 0 Å². The van der Waals surface area contributed by atoms with Crippen LogP contribution in [0.25, 0.3) is 0 Å². The summed E-state index contributed by atoms with van der Waals surface area (Å²) in [4.78, 5) is 20.6. The van der Waals surface area contributed by atoms with Gasteiger partial charge in [-0.1, -0.05) is 25.4 Å². The van der Waals surface area contributed by atoms with Gasteiger partial charge < -0.3 is 9.80 Å². The van der Waals surface area contributed by atoms with Gasteiger partial charge in [-0.2, -0.15) is 5.10 Å². The van der Waals surface area contributed by atoms with Crippen molar-refractivity contribution in [2.24, 2.45) is 5.92 Å². The number of amides is 1. The van der Waals surface area contributed by atoms with Crippen LogP contribution in [0, 0.1) is 5.92 Å². The molecule has 140 valence electrons. The summed E-state index contributed by atoms with van der Waals surface area (Å²) in [6, 6.07) is 5.94. The number of hydrogen-bond donors (Lipinski definition) is 0. The molecule has 0 saturated carbocycles. The lowest BCUT2D eigenvalue weighted by Gasteiger charge is -2.20. The standard InChI is InChI=1S/C19H26ClN5O/c1-13(2)9-25-18(21-12-22-25)11-24-10-14(7-19(26)23(3)4)16-8-15(20)5-6-17(16)24/h5-6,8,12-14H,7,9-11H2,1-4H3. The predicted molar refractivity (Wildman–Crippen MR) is 103 cm³/mol. The summed E-state index contributed by atoms with van der Waals surface area (Å²) in [5, 5.41) is 5.06. The van der Waals surface area contributed by atoms with Gasteiger partial charge in [0, 0.05) is 50.2 Å². The second kappa shape index (κ2) is 7.66. The molecule has 1 aliphatic rings. The second-order valence-corrected chi connectivity index (χ2v) is 7.96. The zero-order valence-electron chi connectivity index (χ0n) is 15.8. The van der Waals surface area contributed by atoms with Gasteiger partial charge in [-0.25, -0.2) is 9.67 Å². The maximum absolute atomic E-state index is 12.2. The summed E-state index contributed by atoms with van der Waals surface area (Å²) in [5.74, 6) is 1.72. The van der Waals surface area contributed by atoms with Gasteiger partial charge in [0.25, 0.3) is 0 Å². The van der Waals surface area contributed by atoms with E-state index in [-0.39, 0.29) is 11.8 Å². The van der Waals surface area contributed by atoms with Crippen LogP contribution in [0.5, 0.6) is 0 Å². The molecule has 1 amide bonds. The Kier molecular flexibility index (Phi) is 5.51. The number of aromatic nitrogens is 3. The van der Waals surface area contributed by atoms with E-state index in [2.05, 4.69) is 28.8 Å². The minimum Gasteiger partial charge on any atom is -0.363 e. The number of anilines is 1. The van der Waals surface area contributed by atoms with Crippen LogP contribution in [0.1, 0.15) is 37.6 Å². The van der Waals surface area contributed by atoms with E-state index in [1.165, 1.54) is 0 Å². The quantitative estimate of drug-likeness (QED) is 0.778. The Morgan fingerprint density at radius 1 is 1.38 bits per heavy atom. The van der Waals surface area contributed by atoms with Crippen LogP contribution in [-0.4, -0.2) is 46.2 Å². The third kappa shape index (κ3) is 4.01. The minimum absolute atomic E-state index is 0.130. The Bertz CT molecular complexity index is 786. The van der Waals surface area contributed by atoms with Gasteiger partial charge in [0.05, 0.1) is 6.54 Å². The van der Waals surface area contributed by atoms with Gasteiger partial charge in [-0.15, -0.1) is 0 Å². The highest BCUT2D eigenvalue weighted by Crippen LogP contribution is 2.40. The van der Waals surface area contributed by atoms with Gasteiger partial charge in [0.15, 0.2) is 0 Å². The minimum atomic E-state index is 0.130. The maximum Gasteiger partial charge on any atom is 0.222 e. The molecule has 0 fully saturated rings. The summed E-state index contributed by atoms with van der Waals surface area (Å²) in [7, 11) is 3.59. The molecule has 3 rings (SSSR count). The van der Waals surface area contributed by atoms with Gasteiger partial charge in [0.2, 0.25) is 5.91 Å². The summed E-state index contributed by atoms with van der Waals surface area (Å²) in [5.41, 5.74) is 2.27. The third-order valence-electron chi connectivity index (χ3n) is 4.70. The largest absolute Gasteiger partial charge is 0.363 e. The summed E-state index contributed by atoms with van der Waals surface area (Å²) >= 11 is 6.22. The highest BCUT2D eigenvalue weighted by molar-refractivity contribution is 6.30. The molecule has 1 aromatic carbocycles. The Hall–Kier alpha value is -2.08. The summed E-state index contributed by atoms with van der Waals surface area (Å²) in [6.07, 6.45) is 2.10. The van der Waals surface area contributed by atoms with Crippen molar-refractivity contribution in [3.63, 3.8) is 0 Å². The van der Waals surface area contributed by atoms with Crippen molar-refractivity contribution in [1.82, 2.24) is 19.7 Å². The summed E-state index contributed by atoms with van der Waals surface area (Å²) < 4.78 is 1.97. The average molecular weight is 376 g/mol. The monoisotopic (exact) mass is 375 g/mol. The first-order valence-electron chi connectivity index (χ1n) is 8.96. The fraction of sp³-hybridized carbons (Fsp3) is 0.526. The molecule has 1 unspecified atom stereocenters. The molecule has 0 radical (unpaired) electrons. The number of benzene rings is 1. The fourth-order valence-corrected chi connectivity index (χ4v) is 3.58. The van der Waals surface area contributed by atoms with E-state index in [4.69, 9.17) is 11.6 Å². The lowest BCUT2D eigenvalue weighted by atomic mass is 9.97. The highest BCUT2D eigenvalue weighted by atomic mass is 35.5. The molecule has 2 heterocycles. The predicted octanol–water partition coefficient (Wildman–Crippen LogP) is 3.17. The fourth-order valence-electron chi connectivity index (χ4n) is 3.40. The Labute approximate surface area is 159 Å². The molecule has 7 heteroatoms. The zero-order chi connectivity index (χ0) is 18.8. The maximum atomic E-state index is 12.2. The normalized spacial score (nSPS) is 16.2. The van der Waals surface area contributed by atoms with Gasteiger partial charge in [-0.3, -0.25) is 4.79 Å². The Morgan fingerprint density at radius 3 is 2.85 bits per heavy atom. The van der Waals surface area contributed by atoms with E-state index in [0.717, 1.165) is 30.2 Å². The molecule has 1 aromatic heterocycles. The van der Waals surface area contributed by atoms with Gasteiger partial charge in [-0.05, 0) is 29.7 Å². The van der Waals surface area contributed by atoms with Crippen LogP contribution in [0.3, 0.4) is 0 Å². The average Bonchev–Trinajstić information content (AvgIpc) is 3.12. The van der Waals surface area contributed by atoms with Crippen LogP contribution in [0.2, 0.25) is 5.02 Å². The van der Waals surface area contributed by atoms with Crippen LogP contribution in [0.4, 0.5) is 5.69 Å². The third-order valence-corrected chi connectivity index (χ3v) is 4.93. The highest BCUT2D eigenvalue weighted by Gasteiger charge is 2.31. The van der Waals surface area contributed by atoms with Crippen molar-refractivity contribution in [2.75, 3.05) is 25.5 Å². The lowest BCUT2D eigenvalue weighted by Crippen LogP contribution is -2.27. The van der Waals surface area contributed by atoms with Crippen LogP contribution in [0.15, 0.2) is 24.5 Å². The topological polar surface area (TPSA) is 54.3 Å². The molecule has 0 aliphatic carbocycles. The molecule has 0 N–H and O–H groups in total. The molecule has 0 saturated heterocycles. The second-order valence-electron chi connectivity index (χ2n) is 7.53. The number of fused-ring (bicyclic) bond motifs is 1. The summed E-state index contributed by atoms with van der Waals surface area (Å²) in [6.45, 7) is 6.64. The molecular weight excluding hydrogens is 350 g/mol. The molecule has 0 spiro atoms. The zero-order valence-corrected chi connectivity index (χ0v) is 16.6. The number of halogens is 1. The van der Waals surface area contributed by atoms with Crippen molar-refractivity contribution in [2.45, 2.75) is 39.3 Å². The molecule has 2 aromatic rings. The van der Waals surface area contributed by atoms with E-state index >= 15 is 0 Å². The van der Waals surface area contributed by atoms with Gasteiger partial charge >= 0.3 is 0 Å². The number of carbonyl (C=O) groups is 1. The van der Waals surface area contributed by atoms with Crippen molar-refractivity contribution in [3.05, 3.63) is 40.9 Å². The van der Waals surface area contributed by atoms with Crippen molar-refractivity contribution in [1.29, 1.82) is 0 Å². The first-order chi connectivity index (χ1) is 12.3. The van der Waals surface area contributed by atoms with E-state index in [9.17, 15) is 4.79 Å². The van der Waals surface area contributed by atoms with Gasteiger partial charge in [0.1, 0.15) is 12.2 Å². The Morgan fingerprint density at radius 2 is 2.15 bits per heavy atom. The van der Waals surface area contributed by atoms with Crippen LogP contribution in [-0.2, 0) is 17.9 Å². The first kappa shape index (κ1) is 18.7. The van der Waals surface area contributed by atoms with E-state index in [1.807, 2.05) is 22.9 Å². The van der Waals surface area contributed by atoms with Crippen LogP contribution >= 0.6 is 11.6 Å². The molecule has 26 heavy (non-hydrogen) atoms. The number of hydrogen-bond acceptors (Lipinski definition) is 4. The molecular formula is C19H26ClN5O. The van der Waals surface area contributed by atoms with Crippen molar-refractivity contribution < 1.29 is 4.79 Å². The van der Waals surface area contributed by atoms with Crippen molar-refractivity contribution >= 4 is 23.2 Å². The SMILES string of the molecule is CC(C)Cn1ncnc1CN1CC(CC(=O)N(C)C)c2cc(Cl)ccc21. The molecule has 0 bridgehead atoms. The lowest BCUT2D eigenvalue weighted by molar-refractivity contribution is -0.129. The van der Waals surface area contributed by atoms with E-state index in [1.54, 1.807) is 25.3 Å². The van der Waals surface area contributed by atoms with Crippen LogP contribution < -0.4 is 4.90 Å². The first-order valence-corrected chi connectivity index (χ1v) is 9.34. The molecule has 1 atom stereocenters. The number of nitrogens with zero attached hydrogens (tertiary/aromatic N) is 5. The van der Waals surface area contributed by atoms with E-state index in [0.29, 0.717) is 23.9 Å². The smallest absolute Gasteiger partial charge is 0.222 e. The number of carbonyl (C=O) groups excluding carboxylic acids is 1. The number of rotatable bonds is 6. The molecule has 1 aliphatic heterocycles. The molecule has 6 nitrogen and oxygen atoms in total.